The lowest BCUT2D eigenvalue weighted by atomic mass is 10.2. The third-order valence-electron chi connectivity index (χ3n) is 3.27. The summed E-state index contributed by atoms with van der Waals surface area (Å²) in [7, 11) is 0. The van der Waals surface area contributed by atoms with Crippen LogP contribution in [0.4, 0.5) is 23.7 Å². The van der Waals surface area contributed by atoms with E-state index in [4.69, 9.17) is 4.74 Å². The van der Waals surface area contributed by atoms with Crippen LogP contribution >= 0.6 is 0 Å². The highest BCUT2D eigenvalue weighted by Crippen LogP contribution is 2.26. The Balaban J connectivity index is 2.04. The number of hydrogen-bond donors (Lipinski definition) is 0. The number of nitrogens with zero attached hydrogens (tertiary/aromatic N) is 2. The summed E-state index contributed by atoms with van der Waals surface area (Å²) in [5, 5.41) is 0. The molecule has 1 fully saturated rings. The van der Waals surface area contributed by atoms with Crippen molar-refractivity contribution in [3.63, 3.8) is 0 Å². The van der Waals surface area contributed by atoms with Gasteiger partial charge in [-0.2, -0.15) is 0 Å². The Hall–Kier alpha value is -1.92. The predicted molar refractivity (Wildman–Crippen MR) is 76.3 cm³/mol. The van der Waals surface area contributed by atoms with Gasteiger partial charge in [-0.3, -0.25) is 0 Å². The maximum atomic E-state index is 13.8. The first-order valence-electron chi connectivity index (χ1n) is 7.05. The van der Waals surface area contributed by atoms with Crippen molar-refractivity contribution in [2.45, 2.75) is 26.4 Å². The zero-order valence-corrected chi connectivity index (χ0v) is 12.8. The highest BCUT2D eigenvalue weighted by atomic mass is 19.2. The minimum atomic E-state index is -1.20. The number of piperazine rings is 1. The Morgan fingerprint density at radius 3 is 2.14 bits per heavy atom. The molecule has 1 amide bonds. The molecule has 122 valence electrons. The number of anilines is 1. The first-order valence-corrected chi connectivity index (χ1v) is 7.05. The average molecular weight is 316 g/mol. The Morgan fingerprint density at radius 1 is 1.05 bits per heavy atom. The monoisotopic (exact) mass is 316 g/mol. The van der Waals surface area contributed by atoms with Gasteiger partial charge in [0.1, 0.15) is 17.1 Å². The summed E-state index contributed by atoms with van der Waals surface area (Å²) in [6, 6.07) is 1.65. The van der Waals surface area contributed by atoms with E-state index >= 15 is 0 Å². The molecule has 1 heterocycles. The highest BCUT2D eigenvalue weighted by Gasteiger charge is 2.28. The molecule has 0 radical (unpaired) electrons. The Morgan fingerprint density at radius 2 is 1.59 bits per heavy atom. The minimum Gasteiger partial charge on any atom is -0.444 e. The number of rotatable bonds is 1. The number of ether oxygens (including phenoxy) is 1. The van der Waals surface area contributed by atoms with E-state index in [0.29, 0.717) is 0 Å². The molecule has 2 rings (SSSR count). The van der Waals surface area contributed by atoms with E-state index in [-0.39, 0.29) is 31.9 Å². The van der Waals surface area contributed by atoms with Crippen molar-refractivity contribution in [2.75, 3.05) is 31.1 Å². The lowest BCUT2D eigenvalue weighted by Crippen LogP contribution is -2.50. The molecule has 0 N–H and O–H groups in total. The van der Waals surface area contributed by atoms with Crippen LogP contribution in [0.2, 0.25) is 0 Å². The summed E-state index contributed by atoms with van der Waals surface area (Å²) in [6.07, 6.45) is -0.465. The largest absolute Gasteiger partial charge is 0.444 e. The van der Waals surface area contributed by atoms with Gasteiger partial charge in [0, 0.05) is 26.2 Å². The van der Waals surface area contributed by atoms with E-state index in [0.717, 1.165) is 12.1 Å². The molecule has 0 aliphatic carbocycles. The first-order chi connectivity index (χ1) is 10.2. The molecule has 0 atom stereocenters. The van der Waals surface area contributed by atoms with E-state index in [9.17, 15) is 18.0 Å². The fraction of sp³-hybridized carbons (Fsp3) is 0.533. The van der Waals surface area contributed by atoms with Crippen molar-refractivity contribution in [3.05, 3.63) is 29.6 Å². The topological polar surface area (TPSA) is 32.8 Å². The van der Waals surface area contributed by atoms with Crippen molar-refractivity contribution in [1.82, 2.24) is 4.90 Å². The van der Waals surface area contributed by atoms with Crippen molar-refractivity contribution in [2.24, 2.45) is 0 Å². The van der Waals surface area contributed by atoms with Crippen LogP contribution in [0.15, 0.2) is 12.1 Å². The Bertz CT molecular complexity index is 565. The quantitative estimate of drug-likeness (QED) is 0.746. The normalized spacial score (nSPS) is 15.9. The second-order valence-corrected chi connectivity index (χ2v) is 6.15. The molecule has 1 aliphatic heterocycles. The molecule has 7 heteroatoms. The van der Waals surface area contributed by atoms with Gasteiger partial charge in [-0.15, -0.1) is 0 Å². The molecular formula is C15H19F3N2O2. The van der Waals surface area contributed by atoms with E-state index in [1.807, 2.05) is 0 Å². The van der Waals surface area contributed by atoms with Crippen molar-refractivity contribution < 1.29 is 22.7 Å². The second-order valence-electron chi connectivity index (χ2n) is 6.15. The summed E-state index contributed by atoms with van der Waals surface area (Å²) in [6.45, 7) is 6.21. The highest BCUT2D eigenvalue weighted by molar-refractivity contribution is 5.68. The van der Waals surface area contributed by atoms with Crippen molar-refractivity contribution >= 4 is 11.8 Å². The third kappa shape index (κ3) is 3.64. The second kappa shape index (κ2) is 6.06. The van der Waals surface area contributed by atoms with Gasteiger partial charge in [0.15, 0.2) is 11.6 Å². The molecule has 1 saturated heterocycles. The molecule has 4 nitrogen and oxygen atoms in total. The van der Waals surface area contributed by atoms with Gasteiger partial charge in [-0.25, -0.2) is 18.0 Å². The van der Waals surface area contributed by atoms with Crippen molar-refractivity contribution in [3.8, 4) is 0 Å². The standard InChI is InChI=1S/C15H19F3N2O2/c1-15(2,3)22-14(21)20-8-6-19(7-9-20)13-11(17)5-4-10(16)12(13)18/h4-5H,6-9H2,1-3H3. The van der Waals surface area contributed by atoms with Crippen LogP contribution in [-0.2, 0) is 4.74 Å². The number of carbonyl (C=O) groups excluding carboxylic acids is 1. The van der Waals surface area contributed by atoms with Gasteiger partial charge in [0.05, 0.1) is 0 Å². The summed E-state index contributed by atoms with van der Waals surface area (Å²) in [5.74, 6) is -3.11. The molecule has 0 spiro atoms. The SMILES string of the molecule is CC(C)(C)OC(=O)N1CCN(c2c(F)ccc(F)c2F)CC1. The predicted octanol–water partition coefficient (Wildman–Crippen LogP) is 3.16. The molecule has 0 saturated carbocycles. The van der Waals surface area contributed by atoms with Crippen LogP contribution in [0.3, 0.4) is 0 Å². The zero-order chi connectivity index (χ0) is 16.5. The lowest BCUT2D eigenvalue weighted by Gasteiger charge is -2.36. The number of halogens is 3. The third-order valence-corrected chi connectivity index (χ3v) is 3.27. The van der Waals surface area contributed by atoms with Gasteiger partial charge in [-0.05, 0) is 32.9 Å². The molecule has 0 unspecified atom stereocenters. The van der Waals surface area contributed by atoms with E-state index in [1.165, 1.54) is 9.80 Å². The minimum absolute atomic E-state index is 0.205. The summed E-state index contributed by atoms with van der Waals surface area (Å²) in [4.78, 5) is 14.8. The summed E-state index contributed by atoms with van der Waals surface area (Å²) < 4.78 is 46.0. The van der Waals surface area contributed by atoms with E-state index < -0.39 is 29.1 Å². The van der Waals surface area contributed by atoms with Crippen LogP contribution in [0.1, 0.15) is 20.8 Å². The number of carbonyl (C=O) groups is 1. The molecule has 22 heavy (non-hydrogen) atoms. The number of benzene rings is 1. The number of amides is 1. The maximum Gasteiger partial charge on any atom is 0.410 e. The van der Waals surface area contributed by atoms with Gasteiger partial charge < -0.3 is 14.5 Å². The molecule has 1 aromatic carbocycles. The molecule has 1 aromatic rings. The first kappa shape index (κ1) is 16.5. The molecular weight excluding hydrogens is 297 g/mol. The maximum absolute atomic E-state index is 13.8. The van der Waals surface area contributed by atoms with Gasteiger partial charge in [-0.1, -0.05) is 0 Å². The van der Waals surface area contributed by atoms with Gasteiger partial charge in [0.25, 0.3) is 0 Å². The fourth-order valence-electron chi connectivity index (χ4n) is 2.25. The summed E-state index contributed by atoms with van der Waals surface area (Å²) in [5.41, 5.74) is -0.988. The zero-order valence-electron chi connectivity index (χ0n) is 12.8. The van der Waals surface area contributed by atoms with Crippen LogP contribution in [0.5, 0.6) is 0 Å². The van der Waals surface area contributed by atoms with Gasteiger partial charge in [0.2, 0.25) is 0 Å². The fourth-order valence-corrected chi connectivity index (χ4v) is 2.25. The van der Waals surface area contributed by atoms with Crippen LogP contribution in [-0.4, -0.2) is 42.8 Å². The smallest absolute Gasteiger partial charge is 0.410 e. The summed E-state index contributed by atoms with van der Waals surface area (Å²) >= 11 is 0. The Kier molecular flexibility index (Phi) is 4.53. The molecule has 0 aromatic heterocycles. The van der Waals surface area contributed by atoms with E-state index in [2.05, 4.69) is 0 Å². The lowest BCUT2D eigenvalue weighted by molar-refractivity contribution is 0.0240. The number of hydrogen-bond acceptors (Lipinski definition) is 3. The molecule has 0 bridgehead atoms. The average Bonchev–Trinajstić information content (AvgIpc) is 2.42. The van der Waals surface area contributed by atoms with Gasteiger partial charge >= 0.3 is 6.09 Å². The molecule has 1 aliphatic rings. The van der Waals surface area contributed by atoms with Crippen LogP contribution in [0.25, 0.3) is 0 Å². The van der Waals surface area contributed by atoms with Crippen LogP contribution in [0, 0.1) is 17.5 Å². The van der Waals surface area contributed by atoms with Crippen molar-refractivity contribution in [1.29, 1.82) is 0 Å². The van der Waals surface area contributed by atoms with E-state index in [1.54, 1.807) is 20.8 Å². The Labute approximate surface area is 127 Å². The van der Waals surface area contributed by atoms with Crippen LogP contribution < -0.4 is 4.90 Å².